The summed E-state index contributed by atoms with van der Waals surface area (Å²) < 4.78 is 8.79. The summed E-state index contributed by atoms with van der Waals surface area (Å²) in [5.74, 6) is 0.303. The molecule has 3 heterocycles. The Morgan fingerprint density at radius 2 is 2.07 bits per heavy atom. The molecule has 0 aliphatic carbocycles. The third kappa shape index (κ3) is 3.68. The second-order valence-corrected chi connectivity index (χ2v) is 7.47. The Balaban J connectivity index is 1.67. The number of carbonyl (C=O) groups is 1. The van der Waals surface area contributed by atoms with Gasteiger partial charge in [-0.3, -0.25) is 13.9 Å². The summed E-state index contributed by atoms with van der Waals surface area (Å²) in [6, 6.07) is 5.49. The average molecular weight is 410 g/mol. The number of aromatic nitrogens is 4. The van der Waals surface area contributed by atoms with Crippen LogP contribution < -0.4 is 16.3 Å². The van der Waals surface area contributed by atoms with Gasteiger partial charge in [0.25, 0.3) is 5.91 Å². The molecule has 1 fully saturated rings. The molecular weight excluding hydrogens is 384 g/mol. The molecule has 3 aromatic rings. The Morgan fingerprint density at radius 1 is 1.30 bits per heavy atom. The van der Waals surface area contributed by atoms with E-state index >= 15 is 0 Å². The molecule has 1 aromatic carbocycles. The molecule has 0 bridgehead atoms. The van der Waals surface area contributed by atoms with E-state index in [2.05, 4.69) is 20.6 Å². The number of anilines is 2. The minimum atomic E-state index is -0.102. The van der Waals surface area contributed by atoms with Crippen molar-refractivity contribution in [3.8, 4) is 0 Å². The van der Waals surface area contributed by atoms with Crippen LogP contribution in [0.1, 0.15) is 41.7 Å². The number of hydrogen-bond acceptors (Lipinski definition) is 6. The van der Waals surface area contributed by atoms with Crippen molar-refractivity contribution < 1.29 is 9.53 Å². The van der Waals surface area contributed by atoms with Gasteiger partial charge < -0.3 is 15.4 Å². The summed E-state index contributed by atoms with van der Waals surface area (Å²) in [7, 11) is 1.74. The standard InChI is InChI=1S/C21H26N6O3/c1-4-22-19(28)14-5-6-16(13(2)11-14)24-20-23-12-17-18(25-20)27(21(29)26(17)3)15-7-9-30-10-8-15/h5-6,11-12,15H,4,7-10H2,1-3H3,(H,22,28)(H,23,24,25). The first-order valence-corrected chi connectivity index (χ1v) is 10.2. The molecule has 2 N–H and O–H groups in total. The van der Waals surface area contributed by atoms with E-state index in [1.807, 2.05) is 26.0 Å². The van der Waals surface area contributed by atoms with E-state index in [-0.39, 0.29) is 17.6 Å². The average Bonchev–Trinajstić information content (AvgIpc) is 3.00. The van der Waals surface area contributed by atoms with E-state index in [1.165, 1.54) is 0 Å². The molecule has 158 valence electrons. The SMILES string of the molecule is CCNC(=O)c1ccc(Nc2ncc3c(n2)n(C2CCOCC2)c(=O)n3C)c(C)c1. The summed E-state index contributed by atoms with van der Waals surface area (Å²) in [6.45, 7) is 5.67. The van der Waals surface area contributed by atoms with Gasteiger partial charge in [0.15, 0.2) is 5.65 Å². The van der Waals surface area contributed by atoms with Crippen molar-refractivity contribution in [3.05, 3.63) is 46.0 Å². The molecule has 1 aliphatic heterocycles. The van der Waals surface area contributed by atoms with Crippen molar-refractivity contribution in [2.75, 3.05) is 25.1 Å². The molecule has 30 heavy (non-hydrogen) atoms. The zero-order valence-electron chi connectivity index (χ0n) is 17.4. The lowest BCUT2D eigenvalue weighted by molar-refractivity contribution is 0.0695. The maximum atomic E-state index is 12.8. The Labute approximate surface area is 174 Å². The number of nitrogens with zero attached hydrogens (tertiary/aromatic N) is 4. The summed E-state index contributed by atoms with van der Waals surface area (Å²) in [5, 5.41) is 6.01. The Kier molecular flexibility index (Phi) is 5.54. The molecule has 4 rings (SSSR count). The highest BCUT2D eigenvalue weighted by Gasteiger charge is 2.23. The number of amides is 1. The zero-order chi connectivity index (χ0) is 21.3. The van der Waals surface area contributed by atoms with Crippen LogP contribution in [0.25, 0.3) is 11.2 Å². The molecule has 1 saturated heterocycles. The molecule has 0 atom stereocenters. The van der Waals surface area contributed by atoms with E-state index < -0.39 is 0 Å². The van der Waals surface area contributed by atoms with E-state index in [0.29, 0.717) is 42.4 Å². The number of fused-ring (bicyclic) bond motifs is 1. The number of nitrogens with one attached hydrogen (secondary N) is 2. The van der Waals surface area contributed by atoms with Crippen LogP contribution in [0, 0.1) is 6.92 Å². The monoisotopic (exact) mass is 410 g/mol. The molecule has 0 unspecified atom stereocenters. The molecule has 0 saturated carbocycles. The maximum absolute atomic E-state index is 12.8. The molecule has 1 aliphatic rings. The predicted molar refractivity (Wildman–Crippen MR) is 114 cm³/mol. The van der Waals surface area contributed by atoms with Gasteiger partial charge in [-0.05, 0) is 50.5 Å². The lowest BCUT2D eigenvalue weighted by atomic mass is 10.1. The zero-order valence-corrected chi connectivity index (χ0v) is 17.4. The fourth-order valence-electron chi connectivity index (χ4n) is 3.80. The third-order valence-electron chi connectivity index (χ3n) is 5.46. The maximum Gasteiger partial charge on any atom is 0.330 e. The highest BCUT2D eigenvalue weighted by Crippen LogP contribution is 2.25. The van der Waals surface area contributed by atoms with E-state index in [9.17, 15) is 9.59 Å². The fraction of sp³-hybridized carbons (Fsp3) is 0.429. The highest BCUT2D eigenvalue weighted by atomic mass is 16.5. The topological polar surface area (TPSA) is 103 Å². The van der Waals surface area contributed by atoms with Crippen LogP contribution in [0.4, 0.5) is 11.6 Å². The van der Waals surface area contributed by atoms with Crippen molar-refractivity contribution in [1.29, 1.82) is 0 Å². The number of benzene rings is 1. The lowest BCUT2D eigenvalue weighted by Crippen LogP contribution is -2.30. The number of ether oxygens (including phenoxy) is 1. The van der Waals surface area contributed by atoms with Crippen LogP contribution in [0.5, 0.6) is 0 Å². The van der Waals surface area contributed by atoms with E-state index in [0.717, 1.165) is 24.1 Å². The molecule has 2 aromatic heterocycles. The van der Waals surface area contributed by atoms with Gasteiger partial charge in [0.05, 0.1) is 6.20 Å². The number of carbonyl (C=O) groups excluding carboxylic acids is 1. The second-order valence-electron chi connectivity index (χ2n) is 7.47. The van der Waals surface area contributed by atoms with Crippen LogP contribution >= 0.6 is 0 Å². The number of rotatable bonds is 5. The van der Waals surface area contributed by atoms with Gasteiger partial charge >= 0.3 is 5.69 Å². The van der Waals surface area contributed by atoms with Crippen LogP contribution in [0.2, 0.25) is 0 Å². The van der Waals surface area contributed by atoms with Crippen LogP contribution in [0.15, 0.2) is 29.2 Å². The van der Waals surface area contributed by atoms with Gasteiger partial charge in [0.2, 0.25) is 5.95 Å². The van der Waals surface area contributed by atoms with E-state index in [4.69, 9.17) is 4.74 Å². The van der Waals surface area contributed by atoms with Crippen LogP contribution in [-0.2, 0) is 11.8 Å². The largest absolute Gasteiger partial charge is 0.381 e. The van der Waals surface area contributed by atoms with E-state index in [1.54, 1.807) is 28.4 Å². The summed E-state index contributed by atoms with van der Waals surface area (Å²) in [5.41, 5.74) is 3.53. The Bertz CT molecular complexity index is 1140. The highest BCUT2D eigenvalue weighted by molar-refractivity contribution is 5.95. The van der Waals surface area contributed by atoms with Crippen LogP contribution in [0.3, 0.4) is 0 Å². The van der Waals surface area contributed by atoms with Crippen molar-refractivity contribution in [2.24, 2.45) is 7.05 Å². The third-order valence-corrected chi connectivity index (χ3v) is 5.46. The summed E-state index contributed by atoms with van der Waals surface area (Å²) in [6.07, 6.45) is 3.23. The fourth-order valence-corrected chi connectivity index (χ4v) is 3.80. The summed E-state index contributed by atoms with van der Waals surface area (Å²) >= 11 is 0. The van der Waals surface area contributed by atoms with Gasteiger partial charge in [-0.25, -0.2) is 9.78 Å². The first-order valence-electron chi connectivity index (χ1n) is 10.2. The molecular formula is C21H26N6O3. The minimum absolute atomic E-state index is 0.0656. The first-order chi connectivity index (χ1) is 14.5. The van der Waals surface area contributed by atoms with Gasteiger partial charge in [-0.1, -0.05) is 0 Å². The molecule has 0 spiro atoms. The second kappa shape index (κ2) is 8.27. The van der Waals surface area contributed by atoms with Crippen molar-refractivity contribution >= 4 is 28.7 Å². The number of aryl methyl sites for hydroxylation is 2. The summed E-state index contributed by atoms with van der Waals surface area (Å²) in [4.78, 5) is 33.9. The van der Waals surface area contributed by atoms with Crippen molar-refractivity contribution in [1.82, 2.24) is 24.4 Å². The normalized spacial score (nSPS) is 14.8. The smallest absolute Gasteiger partial charge is 0.330 e. The van der Waals surface area contributed by atoms with Gasteiger partial charge in [0.1, 0.15) is 5.52 Å². The number of imidazole rings is 1. The minimum Gasteiger partial charge on any atom is -0.381 e. The van der Waals surface area contributed by atoms with Gasteiger partial charge in [-0.2, -0.15) is 4.98 Å². The quantitative estimate of drug-likeness (QED) is 0.669. The molecule has 1 amide bonds. The van der Waals surface area contributed by atoms with Crippen molar-refractivity contribution in [3.63, 3.8) is 0 Å². The Morgan fingerprint density at radius 3 is 2.77 bits per heavy atom. The molecule has 9 heteroatoms. The lowest BCUT2D eigenvalue weighted by Gasteiger charge is -2.22. The van der Waals surface area contributed by atoms with Crippen LogP contribution in [-0.4, -0.2) is 44.8 Å². The van der Waals surface area contributed by atoms with Gasteiger partial charge in [-0.15, -0.1) is 0 Å². The predicted octanol–water partition coefficient (Wildman–Crippen LogP) is 2.28. The van der Waals surface area contributed by atoms with Gasteiger partial charge in [0, 0.05) is 44.1 Å². The molecule has 0 radical (unpaired) electrons. The first kappa shape index (κ1) is 20.1. The number of hydrogen-bond donors (Lipinski definition) is 2. The van der Waals surface area contributed by atoms with Crippen molar-refractivity contribution in [2.45, 2.75) is 32.7 Å². The molecule has 9 nitrogen and oxygen atoms in total. The Hall–Kier alpha value is -3.20.